The Hall–Kier alpha value is -3.80. The summed E-state index contributed by atoms with van der Waals surface area (Å²) in [5, 5.41) is 5.98. The number of nitrogens with one attached hydrogen (secondary N) is 2. The molecule has 0 radical (unpaired) electrons. The van der Waals surface area contributed by atoms with Crippen molar-refractivity contribution < 1.29 is 18.0 Å². The van der Waals surface area contributed by atoms with Gasteiger partial charge in [0.25, 0.3) is 5.91 Å². The third-order valence-electron chi connectivity index (χ3n) is 6.34. The Balaban J connectivity index is 1.38. The van der Waals surface area contributed by atoms with Gasteiger partial charge in [0.15, 0.2) is 5.69 Å². The van der Waals surface area contributed by atoms with Crippen molar-refractivity contribution in [3.05, 3.63) is 70.8 Å². The molecule has 38 heavy (non-hydrogen) atoms. The molecule has 0 saturated carbocycles. The molecule has 4 rings (SSSR count). The van der Waals surface area contributed by atoms with Gasteiger partial charge in [-0.2, -0.15) is 13.2 Å². The summed E-state index contributed by atoms with van der Waals surface area (Å²) in [6, 6.07) is 9.66. The Morgan fingerprint density at radius 2 is 1.50 bits per heavy atom. The summed E-state index contributed by atoms with van der Waals surface area (Å²) in [5.41, 5.74) is 0.927. The number of rotatable bonds is 8. The topological polar surface area (TPSA) is 99.2 Å². The average Bonchev–Trinajstić information content (AvgIpc) is 2.90. The van der Waals surface area contributed by atoms with Gasteiger partial charge in [-0.25, -0.2) is 19.9 Å². The first-order valence-electron chi connectivity index (χ1n) is 12.4. The van der Waals surface area contributed by atoms with Crippen molar-refractivity contribution in [1.29, 1.82) is 0 Å². The van der Waals surface area contributed by atoms with E-state index in [4.69, 9.17) is 0 Å². The number of carbonyl (C=O) groups is 1. The van der Waals surface area contributed by atoms with Crippen molar-refractivity contribution >= 4 is 17.8 Å². The highest BCUT2D eigenvalue weighted by Crippen LogP contribution is 2.31. The minimum absolute atomic E-state index is 0.194. The van der Waals surface area contributed by atoms with Gasteiger partial charge in [-0.3, -0.25) is 9.69 Å². The third kappa shape index (κ3) is 6.94. The second-order valence-corrected chi connectivity index (χ2v) is 9.42. The number of aryl methyl sites for hydroxylation is 1. The highest BCUT2D eigenvalue weighted by molar-refractivity contribution is 5.95. The van der Waals surface area contributed by atoms with Gasteiger partial charge in [-0.1, -0.05) is 24.3 Å². The maximum atomic E-state index is 13.8. The Kier molecular flexibility index (Phi) is 8.40. The summed E-state index contributed by atoms with van der Waals surface area (Å²) in [7, 11) is 0. The van der Waals surface area contributed by atoms with Crippen molar-refractivity contribution in [2.75, 3.05) is 36.8 Å². The van der Waals surface area contributed by atoms with E-state index in [1.54, 1.807) is 6.20 Å². The fourth-order valence-electron chi connectivity index (χ4n) is 4.12. The van der Waals surface area contributed by atoms with Crippen LogP contribution in [0, 0.1) is 6.92 Å². The van der Waals surface area contributed by atoms with Gasteiger partial charge in [0.1, 0.15) is 0 Å². The largest absolute Gasteiger partial charge is 0.434 e. The molecule has 12 heteroatoms. The summed E-state index contributed by atoms with van der Waals surface area (Å²) in [4.78, 5) is 32.7. The van der Waals surface area contributed by atoms with Crippen LogP contribution in [0.3, 0.4) is 0 Å². The van der Waals surface area contributed by atoms with Gasteiger partial charge in [0.2, 0.25) is 11.9 Å². The highest BCUT2D eigenvalue weighted by Gasteiger charge is 2.39. The molecule has 1 aliphatic rings. The first-order valence-corrected chi connectivity index (χ1v) is 12.4. The van der Waals surface area contributed by atoms with Crippen LogP contribution < -0.4 is 10.6 Å². The summed E-state index contributed by atoms with van der Waals surface area (Å²) in [6.45, 7) is 8.67. The molecule has 3 aromatic rings. The van der Waals surface area contributed by atoms with Crippen LogP contribution in [0.25, 0.3) is 0 Å². The molecule has 0 atom stereocenters. The van der Waals surface area contributed by atoms with Gasteiger partial charge < -0.3 is 15.5 Å². The number of nitrogens with zero attached hydrogens (tertiary/aromatic N) is 6. The second kappa shape index (κ2) is 11.7. The molecule has 0 unspecified atom stereocenters. The molecule has 0 spiro atoms. The van der Waals surface area contributed by atoms with E-state index in [9.17, 15) is 18.0 Å². The molecular weight excluding hydrogens is 497 g/mol. The lowest BCUT2D eigenvalue weighted by molar-refractivity contribution is -0.141. The van der Waals surface area contributed by atoms with Crippen LogP contribution in [0.5, 0.6) is 0 Å². The monoisotopic (exact) mass is 528 g/mol. The SMILES string of the molecule is Cc1ccnc(NCc2ccc(CNc3ncc(C(=O)N4CCN(C(C)C)CC4)c(C(F)(F)F)n3)cc2)n1. The number of hydrogen-bond donors (Lipinski definition) is 2. The fraction of sp³-hybridized carbons (Fsp3) is 0.423. The molecule has 1 amide bonds. The average molecular weight is 529 g/mol. The number of amides is 1. The third-order valence-corrected chi connectivity index (χ3v) is 6.34. The van der Waals surface area contributed by atoms with E-state index in [-0.39, 0.29) is 12.5 Å². The summed E-state index contributed by atoms with van der Waals surface area (Å²) < 4.78 is 41.5. The molecule has 202 valence electrons. The van der Waals surface area contributed by atoms with Crippen LogP contribution in [-0.2, 0) is 19.3 Å². The lowest BCUT2D eigenvalue weighted by atomic mass is 10.1. The first kappa shape index (κ1) is 27.2. The molecule has 1 aromatic carbocycles. The van der Waals surface area contributed by atoms with Crippen molar-refractivity contribution in [2.45, 2.75) is 46.1 Å². The standard InChI is InChI=1S/C26H31F3N8O/c1-17(2)36-10-12-37(13-11-36)23(38)21-16-33-25(35-22(21)26(27,28)29)32-15-20-6-4-19(5-7-20)14-31-24-30-9-8-18(3)34-24/h4-9,16-17H,10-15H2,1-3H3,(H,30,31,34)(H,32,33,35). The molecule has 1 aliphatic heterocycles. The normalized spacial score (nSPS) is 14.6. The fourth-order valence-corrected chi connectivity index (χ4v) is 4.12. The number of carbonyl (C=O) groups excluding carboxylic acids is 1. The number of aromatic nitrogens is 4. The highest BCUT2D eigenvalue weighted by atomic mass is 19.4. The number of alkyl halides is 3. The van der Waals surface area contributed by atoms with E-state index in [0.717, 1.165) is 23.0 Å². The summed E-state index contributed by atoms with van der Waals surface area (Å²) in [5.74, 6) is -0.360. The molecule has 2 aromatic heterocycles. The lowest BCUT2D eigenvalue weighted by Crippen LogP contribution is -2.51. The van der Waals surface area contributed by atoms with Crippen LogP contribution in [0.1, 0.15) is 46.7 Å². The van der Waals surface area contributed by atoms with E-state index in [2.05, 4.69) is 35.5 Å². The van der Waals surface area contributed by atoms with Gasteiger partial charge in [-0.15, -0.1) is 0 Å². The van der Waals surface area contributed by atoms with Crippen LogP contribution >= 0.6 is 0 Å². The van der Waals surface area contributed by atoms with E-state index in [0.29, 0.717) is 44.7 Å². The van der Waals surface area contributed by atoms with E-state index >= 15 is 0 Å². The van der Waals surface area contributed by atoms with E-state index < -0.39 is 23.3 Å². The number of halogens is 3. The van der Waals surface area contributed by atoms with Crippen LogP contribution in [-0.4, -0.2) is 67.9 Å². The molecule has 1 saturated heterocycles. The molecule has 2 N–H and O–H groups in total. The Labute approximate surface area is 219 Å². The van der Waals surface area contributed by atoms with Crippen molar-refractivity contribution in [3.8, 4) is 0 Å². The van der Waals surface area contributed by atoms with Gasteiger partial charge >= 0.3 is 6.18 Å². The Morgan fingerprint density at radius 3 is 2.03 bits per heavy atom. The lowest BCUT2D eigenvalue weighted by Gasteiger charge is -2.37. The summed E-state index contributed by atoms with van der Waals surface area (Å²) >= 11 is 0. The number of hydrogen-bond acceptors (Lipinski definition) is 8. The minimum Gasteiger partial charge on any atom is -0.350 e. The Morgan fingerprint density at radius 1 is 0.921 bits per heavy atom. The maximum Gasteiger partial charge on any atom is 0.434 e. The van der Waals surface area contributed by atoms with E-state index in [1.165, 1.54) is 4.90 Å². The quantitative estimate of drug-likeness (QED) is 0.453. The van der Waals surface area contributed by atoms with Crippen molar-refractivity contribution in [2.24, 2.45) is 0 Å². The molecule has 1 fully saturated rings. The van der Waals surface area contributed by atoms with Crippen molar-refractivity contribution in [3.63, 3.8) is 0 Å². The van der Waals surface area contributed by atoms with Crippen LogP contribution in [0.15, 0.2) is 42.7 Å². The van der Waals surface area contributed by atoms with Gasteiger partial charge in [0, 0.05) is 63.4 Å². The molecular formula is C26H31F3N8O. The second-order valence-electron chi connectivity index (χ2n) is 9.42. The van der Waals surface area contributed by atoms with Gasteiger partial charge in [0.05, 0.1) is 5.56 Å². The zero-order chi connectivity index (χ0) is 27.3. The Bertz CT molecular complexity index is 1240. The smallest absolute Gasteiger partial charge is 0.350 e. The summed E-state index contributed by atoms with van der Waals surface area (Å²) in [6.07, 6.45) is -2.14. The molecule has 0 bridgehead atoms. The van der Waals surface area contributed by atoms with Crippen LogP contribution in [0.4, 0.5) is 25.1 Å². The molecule has 9 nitrogen and oxygen atoms in total. The number of benzene rings is 1. The van der Waals surface area contributed by atoms with Crippen LogP contribution in [0.2, 0.25) is 0 Å². The zero-order valence-corrected chi connectivity index (χ0v) is 21.6. The van der Waals surface area contributed by atoms with Crippen molar-refractivity contribution in [1.82, 2.24) is 29.7 Å². The predicted octanol–water partition coefficient (Wildman–Crippen LogP) is 3.98. The van der Waals surface area contributed by atoms with E-state index in [1.807, 2.05) is 51.1 Å². The molecule has 0 aliphatic carbocycles. The van der Waals surface area contributed by atoms with Gasteiger partial charge in [-0.05, 0) is 38.0 Å². The maximum absolute atomic E-state index is 13.8. The predicted molar refractivity (Wildman–Crippen MR) is 138 cm³/mol. The first-order chi connectivity index (χ1) is 18.1. The number of anilines is 2. The molecule has 3 heterocycles. The minimum atomic E-state index is -4.79. The zero-order valence-electron chi connectivity index (χ0n) is 21.6. The number of piperazine rings is 1.